The highest BCUT2D eigenvalue weighted by Gasteiger charge is 2.50. The smallest absolute Gasteiger partial charge is 0.348 e. The Morgan fingerprint density at radius 3 is 2.48 bits per heavy atom. The molecule has 2 heterocycles. The second kappa shape index (κ2) is 6.64. The van der Waals surface area contributed by atoms with Gasteiger partial charge in [-0.3, -0.25) is 4.98 Å². The standard InChI is InChI=1S/C14H17NO6/c16-12(17)14(13(18)19,9-10-4-6-15-7-5-10)21-11-3-1-2-8-20-11/h4-7,11H,1-3,8-9H2,(H,16,17)(H,18,19). The van der Waals surface area contributed by atoms with Crippen LogP contribution in [-0.4, -0.2) is 45.6 Å². The number of aromatic nitrogens is 1. The molecule has 0 saturated carbocycles. The summed E-state index contributed by atoms with van der Waals surface area (Å²) in [4.78, 5) is 26.9. The maximum Gasteiger partial charge on any atom is 0.348 e. The van der Waals surface area contributed by atoms with Crippen molar-refractivity contribution in [3.8, 4) is 0 Å². The number of hydrogen-bond donors (Lipinski definition) is 2. The van der Waals surface area contributed by atoms with E-state index in [2.05, 4.69) is 4.98 Å². The molecule has 0 spiro atoms. The third-order valence-electron chi connectivity index (χ3n) is 3.36. The molecule has 1 saturated heterocycles. The van der Waals surface area contributed by atoms with Gasteiger partial charge in [-0.1, -0.05) is 0 Å². The molecule has 0 aromatic carbocycles. The fraction of sp³-hybridized carbons (Fsp3) is 0.500. The fourth-order valence-electron chi connectivity index (χ4n) is 2.20. The number of rotatable bonds is 6. The number of carbonyl (C=O) groups is 2. The van der Waals surface area contributed by atoms with E-state index < -0.39 is 23.8 Å². The molecule has 2 rings (SSSR count). The molecule has 1 aliphatic rings. The van der Waals surface area contributed by atoms with Gasteiger partial charge in [-0.2, -0.15) is 0 Å². The summed E-state index contributed by atoms with van der Waals surface area (Å²) in [6.45, 7) is 0.440. The lowest BCUT2D eigenvalue weighted by molar-refractivity contribution is -0.236. The van der Waals surface area contributed by atoms with E-state index in [9.17, 15) is 19.8 Å². The minimum atomic E-state index is -2.36. The molecule has 1 aromatic rings. The van der Waals surface area contributed by atoms with Gasteiger partial charge in [-0.25, -0.2) is 9.59 Å². The summed E-state index contributed by atoms with van der Waals surface area (Å²) in [5.41, 5.74) is -1.84. The van der Waals surface area contributed by atoms with Crippen LogP contribution in [0.1, 0.15) is 24.8 Å². The van der Waals surface area contributed by atoms with Crippen molar-refractivity contribution in [2.24, 2.45) is 0 Å². The van der Waals surface area contributed by atoms with Gasteiger partial charge in [0.2, 0.25) is 0 Å². The molecule has 1 aliphatic heterocycles. The highest BCUT2D eigenvalue weighted by molar-refractivity contribution is 6.02. The molecule has 0 radical (unpaired) electrons. The van der Waals surface area contributed by atoms with Gasteiger partial charge in [0.1, 0.15) is 0 Å². The fourth-order valence-corrected chi connectivity index (χ4v) is 2.20. The van der Waals surface area contributed by atoms with Crippen LogP contribution in [0.2, 0.25) is 0 Å². The predicted octanol–water partition coefficient (Wildman–Crippen LogP) is 1.08. The van der Waals surface area contributed by atoms with E-state index in [0.29, 0.717) is 18.6 Å². The summed E-state index contributed by atoms with van der Waals surface area (Å²) in [7, 11) is 0. The van der Waals surface area contributed by atoms with Crippen LogP contribution in [0.4, 0.5) is 0 Å². The minimum absolute atomic E-state index is 0.292. The lowest BCUT2D eigenvalue weighted by Crippen LogP contribution is -2.53. The molecule has 7 nitrogen and oxygen atoms in total. The van der Waals surface area contributed by atoms with E-state index >= 15 is 0 Å². The zero-order valence-corrected chi connectivity index (χ0v) is 11.4. The Kier molecular flexibility index (Phi) is 4.87. The molecule has 21 heavy (non-hydrogen) atoms. The SMILES string of the molecule is O=C(O)C(Cc1ccncc1)(OC1CCCCO1)C(=O)O. The zero-order valence-electron chi connectivity index (χ0n) is 11.4. The lowest BCUT2D eigenvalue weighted by Gasteiger charge is -2.32. The van der Waals surface area contributed by atoms with E-state index in [0.717, 1.165) is 12.8 Å². The Balaban J connectivity index is 2.24. The average molecular weight is 295 g/mol. The molecular formula is C14H17NO6. The topological polar surface area (TPSA) is 106 Å². The van der Waals surface area contributed by atoms with Gasteiger partial charge < -0.3 is 19.7 Å². The van der Waals surface area contributed by atoms with Crippen LogP contribution < -0.4 is 0 Å². The second-order valence-electron chi connectivity index (χ2n) is 4.88. The number of carboxylic acids is 2. The summed E-state index contributed by atoms with van der Waals surface area (Å²) in [6.07, 6.45) is 4.00. The van der Waals surface area contributed by atoms with Crippen molar-refractivity contribution in [2.45, 2.75) is 37.6 Å². The number of pyridine rings is 1. The van der Waals surface area contributed by atoms with Crippen molar-refractivity contribution in [3.05, 3.63) is 30.1 Å². The zero-order chi connectivity index (χ0) is 15.3. The van der Waals surface area contributed by atoms with E-state index in [4.69, 9.17) is 9.47 Å². The molecule has 1 aromatic heterocycles. The Morgan fingerprint density at radius 1 is 1.29 bits per heavy atom. The summed E-state index contributed by atoms with van der Waals surface area (Å²) in [5, 5.41) is 18.8. The van der Waals surface area contributed by atoms with Gasteiger partial charge in [-0.15, -0.1) is 0 Å². The highest BCUT2D eigenvalue weighted by atomic mass is 16.7. The molecule has 2 N–H and O–H groups in total. The van der Waals surface area contributed by atoms with Crippen LogP contribution in [-0.2, 0) is 25.5 Å². The quantitative estimate of drug-likeness (QED) is 0.756. The van der Waals surface area contributed by atoms with Crippen molar-refractivity contribution in [3.63, 3.8) is 0 Å². The normalized spacial score (nSPS) is 19.1. The Labute approximate surface area is 121 Å². The molecular weight excluding hydrogens is 278 g/mol. The van der Waals surface area contributed by atoms with Crippen LogP contribution in [0, 0.1) is 0 Å². The first-order chi connectivity index (χ1) is 10.0. The van der Waals surface area contributed by atoms with Gasteiger partial charge in [0.15, 0.2) is 6.29 Å². The van der Waals surface area contributed by atoms with Gasteiger partial charge >= 0.3 is 11.9 Å². The third-order valence-corrected chi connectivity index (χ3v) is 3.36. The summed E-state index contributed by atoms with van der Waals surface area (Å²) < 4.78 is 10.7. The number of carboxylic acid groups (broad SMARTS) is 2. The largest absolute Gasteiger partial charge is 0.479 e. The van der Waals surface area contributed by atoms with Gasteiger partial charge in [0.05, 0.1) is 0 Å². The molecule has 7 heteroatoms. The minimum Gasteiger partial charge on any atom is -0.479 e. The lowest BCUT2D eigenvalue weighted by atomic mass is 9.94. The van der Waals surface area contributed by atoms with Crippen molar-refractivity contribution in [1.82, 2.24) is 4.98 Å². The molecule has 0 bridgehead atoms. The maximum absolute atomic E-state index is 11.6. The molecule has 1 fully saturated rings. The first kappa shape index (κ1) is 15.4. The van der Waals surface area contributed by atoms with Crippen molar-refractivity contribution in [2.75, 3.05) is 6.61 Å². The molecule has 114 valence electrons. The van der Waals surface area contributed by atoms with Crippen LogP contribution in [0.3, 0.4) is 0 Å². The van der Waals surface area contributed by atoms with E-state index in [-0.39, 0.29) is 6.42 Å². The van der Waals surface area contributed by atoms with Crippen LogP contribution in [0.25, 0.3) is 0 Å². The van der Waals surface area contributed by atoms with Crippen molar-refractivity contribution < 1.29 is 29.3 Å². The Bertz CT molecular complexity index is 483. The second-order valence-corrected chi connectivity index (χ2v) is 4.88. The highest BCUT2D eigenvalue weighted by Crippen LogP contribution is 2.25. The summed E-state index contributed by atoms with van der Waals surface area (Å²) in [6, 6.07) is 3.12. The summed E-state index contributed by atoms with van der Waals surface area (Å²) in [5.74, 6) is -3.08. The van der Waals surface area contributed by atoms with Crippen molar-refractivity contribution in [1.29, 1.82) is 0 Å². The van der Waals surface area contributed by atoms with Crippen LogP contribution >= 0.6 is 0 Å². The number of nitrogens with zero attached hydrogens (tertiary/aromatic N) is 1. The number of ether oxygens (including phenoxy) is 2. The molecule has 0 amide bonds. The molecule has 1 unspecified atom stereocenters. The first-order valence-electron chi connectivity index (χ1n) is 6.70. The van der Waals surface area contributed by atoms with E-state index in [1.165, 1.54) is 12.4 Å². The maximum atomic E-state index is 11.6. The predicted molar refractivity (Wildman–Crippen MR) is 70.6 cm³/mol. The number of aliphatic carboxylic acids is 2. The third kappa shape index (κ3) is 3.56. The molecule has 0 aliphatic carbocycles. The van der Waals surface area contributed by atoms with Crippen LogP contribution in [0.5, 0.6) is 0 Å². The first-order valence-corrected chi connectivity index (χ1v) is 6.70. The molecule has 1 atom stereocenters. The van der Waals surface area contributed by atoms with Crippen LogP contribution in [0.15, 0.2) is 24.5 Å². The van der Waals surface area contributed by atoms with Gasteiger partial charge in [0.25, 0.3) is 5.60 Å². The Hall–Kier alpha value is -1.99. The number of hydrogen-bond acceptors (Lipinski definition) is 5. The monoisotopic (exact) mass is 295 g/mol. The van der Waals surface area contributed by atoms with E-state index in [1.54, 1.807) is 12.1 Å². The average Bonchev–Trinajstić information content (AvgIpc) is 2.48. The van der Waals surface area contributed by atoms with Gasteiger partial charge in [0, 0.05) is 25.4 Å². The van der Waals surface area contributed by atoms with Crippen molar-refractivity contribution >= 4 is 11.9 Å². The van der Waals surface area contributed by atoms with Gasteiger partial charge in [-0.05, 0) is 37.0 Å². The van der Waals surface area contributed by atoms with E-state index in [1.807, 2.05) is 0 Å². The Morgan fingerprint density at radius 2 is 1.95 bits per heavy atom. The summed E-state index contributed by atoms with van der Waals surface area (Å²) >= 11 is 0.